The van der Waals surface area contributed by atoms with Crippen LogP contribution in [0.2, 0.25) is 0 Å². The minimum absolute atomic E-state index is 0.115. The lowest BCUT2D eigenvalue weighted by Gasteiger charge is -2.10. The second-order valence-corrected chi connectivity index (χ2v) is 5.80. The number of amides is 1. The summed E-state index contributed by atoms with van der Waals surface area (Å²) in [6, 6.07) is 5.81. The normalized spacial score (nSPS) is 21.1. The van der Waals surface area contributed by atoms with Crippen molar-refractivity contribution < 1.29 is 18.9 Å². The van der Waals surface area contributed by atoms with Crippen molar-refractivity contribution in [2.24, 2.45) is 0 Å². The summed E-state index contributed by atoms with van der Waals surface area (Å²) in [7, 11) is 0.272. The first kappa shape index (κ1) is 12.8. The number of nitrogens with zero attached hydrogens (tertiary/aromatic N) is 1. The third-order valence-electron chi connectivity index (χ3n) is 2.97. The van der Waals surface area contributed by atoms with Gasteiger partial charge in [-0.05, 0) is 30.7 Å². The molecule has 18 heavy (non-hydrogen) atoms. The van der Waals surface area contributed by atoms with Crippen LogP contribution in [0, 0.1) is 0 Å². The van der Waals surface area contributed by atoms with Gasteiger partial charge in [-0.2, -0.15) is 0 Å². The Bertz CT molecular complexity index is 511. The molecule has 2 rings (SSSR count). The van der Waals surface area contributed by atoms with Crippen molar-refractivity contribution in [3.63, 3.8) is 0 Å². The number of carbonyl (C=O) groups excluding carboxylic acids is 1. The van der Waals surface area contributed by atoms with Gasteiger partial charge in [0.15, 0.2) is 0 Å². The van der Waals surface area contributed by atoms with Crippen molar-refractivity contribution in [1.29, 1.82) is 0 Å². The van der Waals surface area contributed by atoms with Gasteiger partial charge in [0.1, 0.15) is 5.25 Å². The fraction of sp³-hybridized carbons (Fsp3) is 0.333. The Hall–Kier alpha value is -1.69. The van der Waals surface area contributed by atoms with E-state index in [0.29, 0.717) is 17.9 Å². The number of carboxylic acid groups (broad SMARTS) is 1. The largest absolute Gasteiger partial charge is 0.478 e. The number of carboxylic acids is 1. The van der Waals surface area contributed by atoms with Crippen molar-refractivity contribution in [2.75, 3.05) is 13.6 Å². The first-order valence-corrected chi connectivity index (χ1v) is 6.71. The predicted octanol–water partition coefficient (Wildman–Crippen LogP) is 0.723. The molecule has 96 valence electrons. The summed E-state index contributed by atoms with van der Waals surface area (Å²) < 4.78 is 12.2. The molecule has 1 amide bonds. The second kappa shape index (κ2) is 4.89. The van der Waals surface area contributed by atoms with Gasteiger partial charge < -0.3 is 10.0 Å². The zero-order chi connectivity index (χ0) is 13.3. The molecule has 5 nitrogen and oxygen atoms in total. The van der Waals surface area contributed by atoms with Crippen molar-refractivity contribution in [3.05, 3.63) is 29.8 Å². The van der Waals surface area contributed by atoms with Crippen LogP contribution in [0.25, 0.3) is 0 Å². The fourth-order valence-corrected chi connectivity index (χ4v) is 3.30. The SMILES string of the molecule is CN1CCC(S(=O)c2ccc(C(=O)O)cc2)C1=O. The summed E-state index contributed by atoms with van der Waals surface area (Å²) in [5.74, 6) is -1.14. The maximum atomic E-state index is 12.2. The number of carbonyl (C=O) groups is 2. The van der Waals surface area contributed by atoms with E-state index in [1.165, 1.54) is 24.3 Å². The average molecular weight is 267 g/mol. The molecule has 1 N–H and O–H groups in total. The molecule has 1 aromatic rings. The van der Waals surface area contributed by atoms with Gasteiger partial charge in [0.2, 0.25) is 5.91 Å². The Morgan fingerprint density at radius 3 is 2.44 bits per heavy atom. The molecule has 2 unspecified atom stereocenters. The number of rotatable bonds is 3. The summed E-state index contributed by atoms with van der Waals surface area (Å²) >= 11 is 0. The molecule has 1 heterocycles. The van der Waals surface area contributed by atoms with E-state index in [0.717, 1.165) is 0 Å². The molecule has 0 radical (unpaired) electrons. The van der Waals surface area contributed by atoms with E-state index in [4.69, 9.17) is 5.11 Å². The van der Waals surface area contributed by atoms with Crippen molar-refractivity contribution in [3.8, 4) is 0 Å². The number of likely N-dealkylation sites (tertiary alicyclic amines) is 1. The minimum Gasteiger partial charge on any atom is -0.478 e. The summed E-state index contributed by atoms with van der Waals surface area (Å²) in [6.45, 7) is 0.614. The van der Waals surface area contributed by atoms with Gasteiger partial charge in [-0.1, -0.05) is 0 Å². The third-order valence-corrected chi connectivity index (χ3v) is 4.66. The van der Waals surface area contributed by atoms with Gasteiger partial charge in [0.05, 0.1) is 16.4 Å². The van der Waals surface area contributed by atoms with E-state index in [1.54, 1.807) is 11.9 Å². The van der Waals surface area contributed by atoms with Crippen molar-refractivity contribution in [2.45, 2.75) is 16.6 Å². The highest BCUT2D eigenvalue weighted by Crippen LogP contribution is 2.21. The van der Waals surface area contributed by atoms with E-state index in [-0.39, 0.29) is 11.5 Å². The van der Waals surface area contributed by atoms with Gasteiger partial charge >= 0.3 is 5.97 Å². The summed E-state index contributed by atoms with van der Waals surface area (Å²) in [6.07, 6.45) is 0.572. The lowest BCUT2D eigenvalue weighted by molar-refractivity contribution is -0.126. The van der Waals surface area contributed by atoms with Crippen LogP contribution >= 0.6 is 0 Å². The Kier molecular flexibility index (Phi) is 3.47. The molecule has 6 heteroatoms. The second-order valence-electron chi connectivity index (χ2n) is 4.16. The molecular formula is C12H13NO4S. The smallest absolute Gasteiger partial charge is 0.335 e. The van der Waals surface area contributed by atoms with Crippen LogP contribution < -0.4 is 0 Å². The van der Waals surface area contributed by atoms with Crippen LogP contribution in [0.3, 0.4) is 0 Å². The fourth-order valence-electron chi connectivity index (χ4n) is 1.88. The van der Waals surface area contributed by atoms with Crippen molar-refractivity contribution in [1.82, 2.24) is 4.90 Å². The highest BCUT2D eigenvalue weighted by atomic mass is 32.2. The lowest BCUT2D eigenvalue weighted by Crippen LogP contribution is -2.28. The third kappa shape index (κ3) is 2.28. The van der Waals surface area contributed by atoms with E-state index in [2.05, 4.69) is 0 Å². The molecule has 1 saturated heterocycles. The molecule has 0 spiro atoms. The topological polar surface area (TPSA) is 74.7 Å². The average Bonchev–Trinajstić information content (AvgIpc) is 2.69. The number of aromatic carboxylic acids is 1. The molecule has 0 aromatic heterocycles. The summed E-state index contributed by atoms with van der Waals surface area (Å²) in [5.41, 5.74) is 0.144. The summed E-state index contributed by atoms with van der Waals surface area (Å²) in [5, 5.41) is 8.26. The maximum absolute atomic E-state index is 12.2. The van der Waals surface area contributed by atoms with Crippen LogP contribution in [-0.2, 0) is 15.6 Å². The van der Waals surface area contributed by atoms with Gasteiger partial charge in [-0.25, -0.2) is 4.79 Å². The number of hydrogen-bond donors (Lipinski definition) is 1. The van der Waals surface area contributed by atoms with E-state index in [9.17, 15) is 13.8 Å². The summed E-state index contributed by atoms with van der Waals surface area (Å²) in [4.78, 5) is 24.5. The zero-order valence-corrected chi connectivity index (χ0v) is 10.6. The lowest BCUT2D eigenvalue weighted by atomic mass is 10.2. The number of hydrogen-bond acceptors (Lipinski definition) is 3. The first-order chi connectivity index (χ1) is 8.50. The van der Waals surface area contributed by atoms with Crippen LogP contribution in [0.15, 0.2) is 29.2 Å². The Morgan fingerprint density at radius 1 is 1.39 bits per heavy atom. The molecule has 1 fully saturated rings. The van der Waals surface area contributed by atoms with Crippen LogP contribution in [-0.4, -0.2) is 44.9 Å². The molecular weight excluding hydrogens is 254 g/mol. The molecule has 0 bridgehead atoms. The molecule has 2 atom stereocenters. The minimum atomic E-state index is -1.42. The Labute approximate surface area is 107 Å². The predicted molar refractivity (Wildman–Crippen MR) is 65.9 cm³/mol. The molecule has 1 aliphatic rings. The van der Waals surface area contributed by atoms with E-state index in [1.807, 2.05) is 0 Å². The number of benzene rings is 1. The monoisotopic (exact) mass is 267 g/mol. The molecule has 0 saturated carbocycles. The van der Waals surface area contributed by atoms with Gasteiger partial charge in [0.25, 0.3) is 0 Å². The Balaban J connectivity index is 2.19. The molecule has 0 aliphatic carbocycles. The Morgan fingerprint density at radius 2 is 2.00 bits per heavy atom. The van der Waals surface area contributed by atoms with Gasteiger partial charge in [-0.3, -0.25) is 9.00 Å². The standard InChI is InChI=1S/C12H13NO4S/c1-13-7-6-10(11(13)14)18(17)9-4-2-8(3-5-9)12(15)16/h2-5,10H,6-7H2,1H3,(H,15,16). The van der Waals surface area contributed by atoms with Crippen molar-refractivity contribution >= 4 is 22.7 Å². The quantitative estimate of drug-likeness (QED) is 0.875. The first-order valence-electron chi connectivity index (χ1n) is 5.49. The van der Waals surface area contributed by atoms with Crippen LogP contribution in [0.5, 0.6) is 0 Å². The van der Waals surface area contributed by atoms with Gasteiger partial charge in [-0.15, -0.1) is 0 Å². The van der Waals surface area contributed by atoms with Gasteiger partial charge in [0, 0.05) is 18.5 Å². The van der Waals surface area contributed by atoms with E-state index < -0.39 is 22.0 Å². The molecule has 1 aromatic carbocycles. The van der Waals surface area contributed by atoms with Crippen LogP contribution in [0.1, 0.15) is 16.8 Å². The highest BCUT2D eigenvalue weighted by Gasteiger charge is 2.34. The highest BCUT2D eigenvalue weighted by molar-refractivity contribution is 7.86. The zero-order valence-electron chi connectivity index (χ0n) is 9.83. The van der Waals surface area contributed by atoms with Crippen LogP contribution in [0.4, 0.5) is 0 Å². The maximum Gasteiger partial charge on any atom is 0.335 e. The van der Waals surface area contributed by atoms with E-state index >= 15 is 0 Å². The molecule has 1 aliphatic heterocycles.